The molecule has 0 fully saturated rings. The molecule has 0 N–H and O–H groups in total. The minimum Gasteiger partial charge on any atom is -0.275 e. The second-order valence-electron chi connectivity index (χ2n) is 4.61. The van der Waals surface area contributed by atoms with E-state index >= 15 is 0 Å². The van der Waals surface area contributed by atoms with Gasteiger partial charge in [0.05, 0.1) is 0 Å². The van der Waals surface area contributed by atoms with Crippen molar-refractivity contribution in [2.75, 3.05) is 0 Å². The van der Waals surface area contributed by atoms with Crippen LogP contribution in [0.15, 0.2) is 0 Å². The maximum Gasteiger partial charge on any atom is 0.158 e. The molecule has 98 valence electrons. The van der Waals surface area contributed by atoms with Crippen LogP contribution in [0, 0.1) is 5.92 Å². The Morgan fingerprint density at radius 1 is 1.00 bits per heavy atom. The summed E-state index contributed by atoms with van der Waals surface area (Å²) in [6, 6.07) is 0. The van der Waals surface area contributed by atoms with Crippen molar-refractivity contribution in [2.24, 2.45) is 5.92 Å². The summed E-state index contributed by atoms with van der Waals surface area (Å²) in [5, 5.41) is 0. The van der Waals surface area contributed by atoms with Gasteiger partial charge in [-0.05, 0) is 12.3 Å². The molecular formula is C14H31OP. The Morgan fingerprint density at radius 2 is 1.56 bits per heavy atom. The number of unbranched alkanes of at least 4 members (excludes halogenated alkanes) is 3. The molecule has 0 aliphatic heterocycles. The number of hydrogen-bond donors (Lipinski definition) is 0. The van der Waals surface area contributed by atoms with Crippen molar-refractivity contribution in [1.82, 2.24) is 0 Å². The van der Waals surface area contributed by atoms with E-state index in [0.717, 1.165) is 12.8 Å². The Balaban J connectivity index is 0. The lowest BCUT2D eigenvalue weighted by atomic mass is 9.99. The molecule has 0 aromatic carbocycles. The Kier molecular flexibility index (Phi) is 17.4. The van der Waals surface area contributed by atoms with Gasteiger partial charge in [-0.25, -0.2) is 0 Å². The van der Waals surface area contributed by atoms with Crippen molar-refractivity contribution in [3.8, 4) is 0 Å². The standard InChI is InChI=1S/C11H23OP.C3H8/c1-4-6-7-8-9-11(13-12)10(3)5-2;1-3-2/h10-11H,4-9H2,1-3H3;3H2,1-2H3. The van der Waals surface area contributed by atoms with Gasteiger partial charge in [-0.3, -0.25) is 4.57 Å². The zero-order chi connectivity index (χ0) is 12.8. The van der Waals surface area contributed by atoms with Crippen molar-refractivity contribution < 1.29 is 4.57 Å². The lowest BCUT2D eigenvalue weighted by Gasteiger charge is -2.15. The van der Waals surface area contributed by atoms with Crippen molar-refractivity contribution in [1.29, 1.82) is 0 Å². The van der Waals surface area contributed by atoms with E-state index in [9.17, 15) is 4.57 Å². The third-order valence-corrected chi connectivity index (χ3v) is 3.83. The summed E-state index contributed by atoms with van der Waals surface area (Å²) >= 11 is 0. The van der Waals surface area contributed by atoms with Crippen molar-refractivity contribution >= 4 is 8.46 Å². The fourth-order valence-corrected chi connectivity index (χ4v) is 2.20. The predicted molar refractivity (Wildman–Crippen MR) is 75.6 cm³/mol. The van der Waals surface area contributed by atoms with E-state index in [2.05, 4.69) is 34.6 Å². The molecule has 0 heterocycles. The highest BCUT2D eigenvalue weighted by Crippen LogP contribution is 2.25. The molecule has 2 atom stereocenters. The molecule has 0 amide bonds. The second kappa shape index (κ2) is 15.1. The van der Waals surface area contributed by atoms with Gasteiger partial charge in [-0.1, -0.05) is 73.1 Å². The van der Waals surface area contributed by atoms with Gasteiger partial charge < -0.3 is 0 Å². The molecule has 2 unspecified atom stereocenters. The summed E-state index contributed by atoms with van der Waals surface area (Å²) in [6.45, 7) is 10.8. The minimum atomic E-state index is 0.354. The lowest BCUT2D eigenvalue weighted by Crippen LogP contribution is -2.10. The van der Waals surface area contributed by atoms with Crippen LogP contribution in [0.2, 0.25) is 0 Å². The molecule has 0 aromatic heterocycles. The smallest absolute Gasteiger partial charge is 0.158 e. The first kappa shape index (κ1) is 18.5. The first-order valence-corrected chi connectivity index (χ1v) is 7.88. The number of rotatable bonds is 8. The number of hydrogen-bond acceptors (Lipinski definition) is 1. The SMILES string of the molecule is CCC.CCCCCCC(P=O)C(C)CC. The van der Waals surface area contributed by atoms with Crippen LogP contribution in [-0.2, 0) is 4.57 Å². The van der Waals surface area contributed by atoms with Gasteiger partial charge in [0.2, 0.25) is 0 Å². The van der Waals surface area contributed by atoms with E-state index in [1.165, 1.54) is 32.1 Å². The molecule has 0 saturated heterocycles. The van der Waals surface area contributed by atoms with Crippen molar-refractivity contribution in [2.45, 2.75) is 85.2 Å². The predicted octanol–water partition coefficient (Wildman–Crippen LogP) is 6.08. The van der Waals surface area contributed by atoms with Crippen LogP contribution < -0.4 is 0 Å². The Morgan fingerprint density at radius 3 is 1.94 bits per heavy atom. The Bertz CT molecular complexity index is 137. The van der Waals surface area contributed by atoms with Crippen molar-refractivity contribution in [3.63, 3.8) is 0 Å². The maximum absolute atomic E-state index is 10.9. The van der Waals surface area contributed by atoms with E-state index in [4.69, 9.17) is 0 Å². The van der Waals surface area contributed by atoms with E-state index in [1.54, 1.807) is 0 Å². The van der Waals surface area contributed by atoms with Gasteiger partial charge in [0, 0.05) is 5.66 Å². The van der Waals surface area contributed by atoms with Crippen LogP contribution in [0.1, 0.15) is 79.6 Å². The van der Waals surface area contributed by atoms with Gasteiger partial charge in [0.25, 0.3) is 0 Å². The highest BCUT2D eigenvalue weighted by atomic mass is 31.1. The summed E-state index contributed by atoms with van der Waals surface area (Å²) in [6.07, 6.45) is 8.69. The minimum absolute atomic E-state index is 0.354. The monoisotopic (exact) mass is 246 g/mol. The topological polar surface area (TPSA) is 17.1 Å². The lowest BCUT2D eigenvalue weighted by molar-refractivity contribution is 0.471. The van der Waals surface area contributed by atoms with Crippen LogP contribution in [0.25, 0.3) is 0 Å². The van der Waals surface area contributed by atoms with Gasteiger partial charge >= 0.3 is 0 Å². The van der Waals surface area contributed by atoms with Crippen molar-refractivity contribution in [3.05, 3.63) is 0 Å². The van der Waals surface area contributed by atoms with Gasteiger partial charge in [-0.2, -0.15) is 0 Å². The van der Waals surface area contributed by atoms with E-state index in [1.807, 2.05) is 0 Å². The third-order valence-electron chi connectivity index (χ3n) is 2.79. The summed E-state index contributed by atoms with van der Waals surface area (Å²) in [5.41, 5.74) is 0.404. The molecule has 0 radical (unpaired) electrons. The molecule has 0 aliphatic carbocycles. The van der Waals surface area contributed by atoms with Gasteiger partial charge in [-0.15, -0.1) is 0 Å². The molecule has 0 aliphatic rings. The van der Waals surface area contributed by atoms with Crippen LogP contribution in [0.5, 0.6) is 0 Å². The van der Waals surface area contributed by atoms with E-state index < -0.39 is 0 Å². The maximum atomic E-state index is 10.9. The third kappa shape index (κ3) is 12.2. The molecule has 0 saturated carbocycles. The normalized spacial score (nSPS) is 14.1. The molecule has 0 spiro atoms. The summed E-state index contributed by atoms with van der Waals surface area (Å²) < 4.78 is 10.9. The van der Waals surface area contributed by atoms with Crippen LogP contribution in [0.3, 0.4) is 0 Å². The highest BCUT2D eigenvalue weighted by molar-refractivity contribution is 7.24. The van der Waals surface area contributed by atoms with Crippen LogP contribution in [-0.4, -0.2) is 5.66 Å². The molecule has 0 bridgehead atoms. The molecule has 0 rings (SSSR count). The zero-order valence-corrected chi connectivity index (χ0v) is 12.9. The fourth-order valence-electron chi connectivity index (χ4n) is 1.49. The second-order valence-corrected chi connectivity index (χ2v) is 5.49. The summed E-state index contributed by atoms with van der Waals surface area (Å²) in [5.74, 6) is 0.612. The van der Waals surface area contributed by atoms with E-state index in [-0.39, 0.29) is 0 Å². The van der Waals surface area contributed by atoms with E-state index in [0.29, 0.717) is 20.0 Å². The highest BCUT2D eigenvalue weighted by Gasteiger charge is 2.14. The fraction of sp³-hybridized carbons (Fsp3) is 1.00. The molecule has 2 heteroatoms. The van der Waals surface area contributed by atoms with Crippen LogP contribution in [0.4, 0.5) is 0 Å². The molecule has 1 nitrogen and oxygen atoms in total. The molecular weight excluding hydrogens is 215 g/mol. The van der Waals surface area contributed by atoms with Gasteiger partial charge in [0.1, 0.15) is 0 Å². The zero-order valence-electron chi connectivity index (χ0n) is 12.0. The summed E-state index contributed by atoms with van der Waals surface area (Å²) in [4.78, 5) is 0. The summed E-state index contributed by atoms with van der Waals surface area (Å²) in [7, 11) is 0.354. The molecule has 0 aromatic rings. The first-order valence-electron chi connectivity index (χ1n) is 7.00. The quantitative estimate of drug-likeness (QED) is 0.374. The average Bonchev–Trinajstić information content (AvgIpc) is 2.29. The Labute approximate surface area is 105 Å². The molecule has 16 heavy (non-hydrogen) atoms. The first-order chi connectivity index (χ1) is 7.67. The average molecular weight is 246 g/mol. The largest absolute Gasteiger partial charge is 0.275 e. The van der Waals surface area contributed by atoms with Crippen LogP contribution >= 0.6 is 8.46 Å². The van der Waals surface area contributed by atoms with Gasteiger partial charge in [0.15, 0.2) is 8.46 Å². The Hall–Kier alpha value is 0.100.